The molecule has 2 aromatic carbocycles. The first-order valence-corrected chi connectivity index (χ1v) is 10.7. The number of anilines is 1. The highest BCUT2D eigenvalue weighted by Crippen LogP contribution is 2.24. The molecule has 1 saturated heterocycles. The lowest BCUT2D eigenvalue weighted by atomic mass is 10.0. The molecule has 160 valence electrons. The minimum absolute atomic E-state index is 0.0373. The molecule has 1 fully saturated rings. The van der Waals surface area contributed by atoms with Gasteiger partial charge in [0.05, 0.1) is 5.56 Å². The minimum Gasteiger partial charge on any atom is -0.445 e. The molecule has 2 aromatic rings. The number of carbonyl (C=O) groups excluding carboxylic acids is 2. The number of benzene rings is 2. The van der Waals surface area contributed by atoms with Crippen LogP contribution in [0.4, 0.5) is 10.5 Å². The zero-order valence-electron chi connectivity index (χ0n) is 17.8. The predicted molar refractivity (Wildman–Crippen MR) is 119 cm³/mol. The van der Waals surface area contributed by atoms with Crippen molar-refractivity contribution in [2.24, 2.45) is 0 Å². The average Bonchev–Trinajstić information content (AvgIpc) is 2.79. The van der Waals surface area contributed by atoms with Gasteiger partial charge in [-0.15, -0.1) is 0 Å². The smallest absolute Gasteiger partial charge is 0.407 e. The van der Waals surface area contributed by atoms with Gasteiger partial charge in [-0.05, 0) is 43.9 Å². The van der Waals surface area contributed by atoms with Crippen LogP contribution in [0.1, 0.15) is 49.0 Å². The zero-order chi connectivity index (χ0) is 21.3. The predicted octanol–water partition coefficient (Wildman–Crippen LogP) is 4.11. The third kappa shape index (κ3) is 5.99. The standard InChI is InChI=1S/C24H31N3O3/c1-3-18(2)25-23(28)21-11-7-8-12-22(21)27-15-13-20(14-16-27)26-24(29)30-17-19-9-5-4-6-10-19/h4-12,18,20H,3,13-17H2,1-2H3,(H,25,28)(H,26,29)/t18-/m0/s1. The van der Waals surface area contributed by atoms with E-state index in [0.717, 1.165) is 43.6 Å². The molecule has 0 aromatic heterocycles. The molecule has 1 heterocycles. The largest absolute Gasteiger partial charge is 0.445 e. The number of amides is 2. The number of hydrogen-bond acceptors (Lipinski definition) is 4. The highest BCUT2D eigenvalue weighted by molar-refractivity contribution is 6.00. The first-order chi connectivity index (χ1) is 14.6. The molecule has 2 amide bonds. The lowest BCUT2D eigenvalue weighted by Gasteiger charge is -2.34. The highest BCUT2D eigenvalue weighted by atomic mass is 16.5. The van der Waals surface area contributed by atoms with Gasteiger partial charge in [0.2, 0.25) is 0 Å². The van der Waals surface area contributed by atoms with Crippen LogP contribution in [-0.2, 0) is 11.3 Å². The molecule has 1 aliphatic rings. The Bertz CT molecular complexity index is 833. The Hall–Kier alpha value is -3.02. The minimum atomic E-state index is -0.384. The summed E-state index contributed by atoms with van der Waals surface area (Å²) in [6, 6.07) is 17.6. The molecule has 0 unspecified atom stereocenters. The summed E-state index contributed by atoms with van der Waals surface area (Å²) in [7, 11) is 0. The molecular weight excluding hydrogens is 378 g/mol. The molecule has 0 saturated carbocycles. The number of piperidine rings is 1. The van der Waals surface area contributed by atoms with E-state index >= 15 is 0 Å². The van der Waals surface area contributed by atoms with E-state index in [1.807, 2.05) is 61.5 Å². The number of hydrogen-bond donors (Lipinski definition) is 2. The Kier molecular flexibility index (Phi) is 7.71. The van der Waals surface area contributed by atoms with Crippen LogP contribution in [0, 0.1) is 0 Å². The first kappa shape index (κ1) is 21.7. The highest BCUT2D eigenvalue weighted by Gasteiger charge is 2.24. The third-order valence-corrected chi connectivity index (χ3v) is 5.51. The van der Waals surface area contributed by atoms with Gasteiger partial charge in [0.15, 0.2) is 0 Å². The van der Waals surface area contributed by atoms with Crippen molar-refractivity contribution in [3.63, 3.8) is 0 Å². The van der Waals surface area contributed by atoms with Gasteiger partial charge in [-0.1, -0.05) is 49.4 Å². The Labute approximate surface area is 178 Å². The number of nitrogens with one attached hydrogen (secondary N) is 2. The summed E-state index contributed by atoms with van der Waals surface area (Å²) in [6.45, 7) is 5.88. The Balaban J connectivity index is 1.51. The number of ether oxygens (including phenoxy) is 1. The number of nitrogens with zero attached hydrogens (tertiary/aromatic N) is 1. The second-order valence-electron chi connectivity index (χ2n) is 7.77. The molecule has 30 heavy (non-hydrogen) atoms. The molecule has 2 N–H and O–H groups in total. The third-order valence-electron chi connectivity index (χ3n) is 5.51. The van der Waals surface area contributed by atoms with Crippen LogP contribution in [0.15, 0.2) is 54.6 Å². The van der Waals surface area contributed by atoms with Gasteiger partial charge < -0.3 is 20.3 Å². The van der Waals surface area contributed by atoms with E-state index < -0.39 is 0 Å². The molecule has 0 aliphatic carbocycles. The number of para-hydroxylation sites is 1. The maximum atomic E-state index is 12.7. The molecule has 0 spiro atoms. The van der Waals surface area contributed by atoms with Crippen LogP contribution >= 0.6 is 0 Å². The van der Waals surface area contributed by atoms with Crippen molar-refractivity contribution in [3.05, 3.63) is 65.7 Å². The molecule has 1 atom stereocenters. The Morgan fingerprint density at radius 3 is 2.43 bits per heavy atom. The molecule has 6 heteroatoms. The van der Waals surface area contributed by atoms with Crippen LogP contribution in [0.5, 0.6) is 0 Å². The van der Waals surface area contributed by atoms with Gasteiger partial charge in [-0.2, -0.15) is 0 Å². The second kappa shape index (κ2) is 10.7. The van der Waals surface area contributed by atoms with Crippen molar-refractivity contribution in [3.8, 4) is 0 Å². The lowest BCUT2D eigenvalue weighted by molar-refractivity contribution is 0.0939. The van der Waals surface area contributed by atoms with E-state index in [1.54, 1.807) is 0 Å². The summed E-state index contributed by atoms with van der Waals surface area (Å²) in [5, 5.41) is 6.01. The van der Waals surface area contributed by atoms with Crippen LogP contribution < -0.4 is 15.5 Å². The molecular formula is C24H31N3O3. The van der Waals surface area contributed by atoms with E-state index in [9.17, 15) is 9.59 Å². The van der Waals surface area contributed by atoms with Gasteiger partial charge in [0, 0.05) is 30.9 Å². The summed E-state index contributed by atoms with van der Waals surface area (Å²) in [4.78, 5) is 27.0. The van der Waals surface area contributed by atoms with Crippen molar-refractivity contribution < 1.29 is 14.3 Å². The Morgan fingerprint density at radius 2 is 1.73 bits per heavy atom. The summed E-state index contributed by atoms with van der Waals surface area (Å²) < 4.78 is 5.32. The lowest BCUT2D eigenvalue weighted by Crippen LogP contribution is -2.45. The van der Waals surface area contributed by atoms with Gasteiger partial charge in [0.1, 0.15) is 6.61 Å². The summed E-state index contributed by atoms with van der Waals surface area (Å²) in [5.74, 6) is -0.0373. The quantitative estimate of drug-likeness (QED) is 0.722. The number of carbonyl (C=O) groups is 2. The monoisotopic (exact) mass is 409 g/mol. The fourth-order valence-electron chi connectivity index (χ4n) is 3.54. The SMILES string of the molecule is CC[C@H](C)NC(=O)c1ccccc1N1CCC(NC(=O)OCc2ccccc2)CC1. The van der Waals surface area contributed by atoms with E-state index in [2.05, 4.69) is 22.5 Å². The van der Waals surface area contributed by atoms with Crippen LogP contribution in [0.3, 0.4) is 0 Å². The summed E-state index contributed by atoms with van der Waals surface area (Å²) in [6.07, 6.45) is 2.13. The van der Waals surface area contributed by atoms with Gasteiger partial charge in [-0.3, -0.25) is 4.79 Å². The van der Waals surface area contributed by atoms with Crippen LogP contribution in [-0.4, -0.2) is 37.2 Å². The molecule has 0 radical (unpaired) electrons. The number of alkyl carbamates (subject to hydrolysis) is 1. The van der Waals surface area contributed by atoms with Crippen LogP contribution in [0.25, 0.3) is 0 Å². The zero-order valence-corrected chi connectivity index (χ0v) is 17.8. The maximum Gasteiger partial charge on any atom is 0.407 e. The van der Waals surface area contributed by atoms with Crippen molar-refractivity contribution >= 4 is 17.7 Å². The molecule has 0 bridgehead atoms. The Morgan fingerprint density at radius 1 is 1.07 bits per heavy atom. The normalized spacial score (nSPS) is 15.3. The van der Waals surface area contributed by atoms with Crippen molar-refractivity contribution in [1.29, 1.82) is 0 Å². The van der Waals surface area contributed by atoms with Gasteiger partial charge >= 0.3 is 6.09 Å². The number of rotatable bonds is 7. The van der Waals surface area contributed by atoms with Gasteiger partial charge in [-0.25, -0.2) is 4.79 Å². The molecule has 6 nitrogen and oxygen atoms in total. The van der Waals surface area contributed by atoms with E-state index in [0.29, 0.717) is 5.56 Å². The molecule has 3 rings (SSSR count). The topological polar surface area (TPSA) is 70.7 Å². The van der Waals surface area contributed by atoms with Crippen molar-refractivity contribution in [2.75, 3.05) is 18.0 Å². The first-order valence-electron chi connectivity index (χ1n) is 10.7. The van der Waals surface area contributed by atoms with Gasteiger partial charge in [0.25, 0.3) is 5.91 Å². The second-order valence-corrected chi connectivity index (χ2v) is 7.77. The van der Waals surface area contributed by atoms with E-state index in [4.69, 9.17) is 4.74 Å². The fraction of sp³-hybridized carbons (Fsp3) is 0.417. The average molecular weight is 410 g/mol. The van der Waals surface area contributed by atoms with Crippen LogP contribution in [0.2, 0.25) is 0 Å². The summed E-state index contributed by atoms with van der Waals surface area (Å²) in [5.41, 5.74) is 2.62. The van der Waals surface area contributed by atoms with E-state index in [1.165, 1.54) is 0 Å². The van der Waals surface area contributed by atoms with Crippen molar-refractivity contribution in [2.45, 2.75) is 51.8 Å². The summed E-state index contributed by atoms with van der Waals surface area (Å²) >= 11 is 0. The molecule has 1 aliphatic heterocycles. The van der Waals surface area contributed by atoms with Crippen molar-refractivity contribution in [1.82, 2.24) is 10.6 Å². The maximum absolute atomic E-state index is 12.7. The van der Waals surface area contributed by atoms with E-state index in [-0.39, 0.29) is 30.7 Å². The fourth-order valence-corrected chi connectivity index (χ4v) is 3.54.